The Morgan fingerprint density at radius 2 is 2.08 bits per heavy atom. The first-order valence-electron chi connectivity index (χ1n) is 8.46. The van der Waals surface area contributed by atoms with Gasteiger partial charge in [-0.25, -0.2) is 9.97 Å². The first-order chi connectivity index (χ1) is 12.8. The summed E-state index contributed by atoms with van der Waals surface area (Å²) in [5.41, 5.74) is 1.90. The Morgan fingerprint density at radius 1 is 1.15 bits per heavy atom. The molecule has 0 amide bonds. The molecule has 2 aromatic heterocycles. The van der Waals surface area contributed by atoms with Crippen molar-refractivity contribution < 1.29 is 14.6 Å². The molecule has 136 valence electrons. The van der Waals surface area contributed by atoms with Crippen molar-refractivity contribution in [1.29, 1.82) is 0 Å². The maximum atomic E-state index is 8.77. The number of aliphatic hydroxyl groups excluding tert-OH is 1. The van der Waals surface area contributed by atoms with E-state index in [1.165, 1.54) is 0 Å². The largest absolute Gasteiger partial charge is 0.497 e. The van der Waals surface area contributed by atoms with Crippen LogP contribution in [0.15, 0.2) is 42.7 Å². The number of benzene rings is 1. The van der Waals surface area contributed by atoms with E-state index >= 15 is 0 Å². The number of anilines is 1. The van der Waals surface area contributed by atoms with Crippen molar-refractivity contribution in [2.75, 3.05) is 38.8 Å². The maximum absolute atomic E-state index is 8.77. The predicted molar refractivity (Wildman–Crippen MR) is 99.5 cm³/mol. The molecule has 7 nitrogen and oxygen atoms in total. The van der Waals surface area contributed by atoms with Crippen molar-refractivity contribution in [2.24, 2.45) is 0 Å². The lowest BCUT2D eigenvalue weighted by Gasteiger charge is -2.12. The van der Waals surface area contributed by atoms with Gasteiger partial charge in [0, 0.05) is 30.7 Å². The molecule has 3 aromatic rings. The summed E-state index contributed by atoms with van der Waals surface area (Å²) in [6.07, 6.45) is 4.17. The number of aromatic nitrogens is 3. The number of rotatable bonds is 9. The average Bonchev–Trinajstić information content (AvgIpc) is 2.68. The zero-order chi connectivity index (χ0) is 18.2. The predicted octanol–water partition coefficient (Wildman–Crippen LogP) is 2.04. The lowest BCUT2D eigenvalue weighted by atomic mass is 10.1. The molecule has 2 N–H and O–H groups in total. The fraction of sp³-hybridized carbons (Fsp3) is 0.316. The summed E-state index contributed by atoms with van der Waals surface area (Å²) in [4.78, 5) is 13.5. The molecule has 0 aliphatic carbocycles. The van der Waals surface area contributed by atoms with Crippen molar-refractivity contribution in [3.63, 3.8) is 0 Å². The van der Waals surface area contributed by atoms with Gasteiger partial charge in [0.05, 0.1) is 32.4 Å². The minimum atomic E-state index is 0.0168. The molecule has 0 spiro atoms. The zero-order valence-electron chi connectivity index (χ0n) is 14.7. The number of nitrogens with one attached hydrogen (secondary N) is 1. The van der Waals surface area contributed by atoms with Crippen LogP contribution in [0.2, 0.25) is 0 Å². The number of pyridine rings is 1. The highest BCUT2D eigenvalue weighted by atomic mass is 16.5. The summed E-state index contributed by atoms with van der Waals surface area (Å²) < 4.78 is 10.6. The van der Waals surface area contributed by atoms with Gasteiger partial charge in [-0.3, -0.25) is 4.98 Å². The molecule has 0 aliphatic rings. The Hall–Kier alpha value is -2.77. The molecule has 0 saturated heterocycles. The van der Waals surface area contributed by atoms with Crippen molar-refractivity contribution in [3.8, 4) is 5.75 Å². The Labute approximate surface area is 152 Å². The second-order valence-electron chi connectivity index (χ2n) is 5.67. The summed E-state index contributed by atoms with van der Waals surface area (Å²) in [6, 6.07) is 9.64. The fourth-order valence-corrected chi connectivity index (χ4v) is 2.59. The Balaban J connectivity index is 1.87. The van der Waals surface area contributed by atoms with E-state index < -0.39 is 0 Å². The van der Waals surface area contributed by atoms with E-state index in [0.717, 1.165) is 33.9 Å². The van der Waals surface area contributed by atoms with Crippen molar-refractivity contribution >= 4 is 16.7 Å². The van der Waals surface area contributed by atoms with Gasteiger partial charge in [0.1, 0.15) is 17.4 Å². The van der Waals surface area contributed by atoms with E-state index in [9.17, 15) is 0 Å². The third kappa shape index (κ3) is 4.65. The van der Waals surface area contributed by atoms with Crippen LogP contribution in [0.1, 0.15) is 11.4 Å². The topological polar surface area (TPSA) is 89.4 Å². The highest BCUT2D eigenvalue weighted by molar-refractivity contribution is 5.90. The van der Waals surface area contributed by atoms with Gasteiger partial charge in [0.25, 0.3) is 0 Å². The van der Waals surface area contributed by atoms with Gasteiger partial charge < -0.3 is 19.9 Å². The molecule has 0 atom stereocenters. The van der Waals surface area contributed by atoms with Gasteiger partial charge >= 0.3 is 0 Å². The molecule has 0 aliphatic heterocycles. The number of ether oxygens (including phenoxy) is 2. The Morgan fingerprint density at radius 3 is 2.85 bits per heavy atom. The number of fused-ring (bicyclic) bond motifs is 1. The van der Waals surface area contributed by atoms with Crippen molar-refractivity contribution in [2.45, 2.75) is 6.42 Å². The van der Waals surface area contributed by atoms with Crippen LogP contribution < -0.4 is 10.1 Å². The van der Waals surface area contributed by atoms with Gasteiger partial charge in [-0.1, -0.05) is 6.07 Å². The summed E-state index contributed by atoms with van der Waals surface area (Å²) in [7, 11) is 1.63. The van der Waals surface area contributed by atoms with Crippen molar-refractivity contribution in [1.82, 2.24) is 15.0 Å². The molecule has 2 heterocycles. The van der Waals surface area contributed by atoms with E-state index in [0.29, 0.717) is 26.2 Å². The molecule has 0 fully saturated rings. The molecule has 1 aromatic carbocycles. The zero-order valence-corrected chi connectivity index (χ0v) is 14.7. The molecular weight excluding hydrogens is 332 g/mol. The Kier molecular flexibility index (Phi) is 6.29. The smallest absolute Gasteiger partial charge is 0.137 e. The number of hydrogen-bond acceptors (Lipinski definition) is 7. The fourth-order valence-electron chi connectivity index (χ4n) is 2.59. The third-order valence-electron chi connectivity index (χ3n) is 3.81. The van der Waals surface area contributed by atoms with E-state index in [4.69, 9.17) is 14.6 Å². The molecule has 7 heteroatoms. The van der Waals surface area contributed by atoms with Gasteiger partial charge in [0.2, 0.25) is 0 Å². The lowest BCUT2D eigenvalue weighted by molar-refractivity contribution is 0.0992. The van der Waals surface area contributed by atoms with Crippen LogP contribution in [0.3, 0.4) is 0 Å². The van der Waals surface area contributed by atoms with Gasteiger partial charge in [-0.2, -0.15) is 0 Å². The van der Waals surface area contributed by atoms with E-state index in [-0.39, 0.29) is 6.61 Å². The SMILES string of the molecule is COc1ccc2nc(Cc3cccnc3)nc(NCCOCCO)c2c1. The van der Waals surface area contributed by atoms with Crippen LogP contribution in [0.25, 0.3) is 10.9 Å². The molecule has 26 heavy (non-hydrogen) atoms. The van der Waals surface area contributed by atoms with Crippen molar-refractivity contribution in [3.05, 3.63) is 54.1 Å². The number of nitrogens with zero attached hydrogens (tertiary/aromatic N) is 3. The quantitative estimate of drug-likeness (QED) is 0.568. The van der Waals surface area contributed by atoms with Crippen LogP contribution >= 0.6 is 0 Å². The highest BCUT2D eigenvalue weighted by Crippen LogP contribution is 2.25. The van der Waals surface area contributed by atoms with E-state index in [1.54, 1.807) is 13.3 Å². The number of methoxy groups -OCH3 is 1. The van der Waals surface area contributed by atoms with Crippen LogP contribution in [0, 0.1) is 0 Å². The maximum Gasteiger partial charge on any atom is 0.137 e. The van der Waals surface area contributed by atoms with Crippen LogP contribution in [0.5, 0.6) is 5.75 Å². The standard InChI is InChI=1S/C19H22N4O3/c1-25-15-4-5-17-16(12-15)19(21-7-9-26-10-8-24)23-18(22-17)11-14-3-2-6-20-13-14/h2-6,12-13,24H,7-11H2,1H3,(H,21,22,23). The number of hydrogen-bond donors (Lipinski definition) is 2. The normalized spacial score (nSPS) is 10.8. The molecule has 0 saturated carbocycles. The van der Waals surface area contributed by atoms with Gasteiger partial charge in [-0.15, -0.1) is 0 Å². The summed E-state index contributed by atoms with van der Waals surface area (Å²) in [5.74, 6) is 2.20. The highest BCUT2D eigenvalue weighted by Gasteiger charge is 2.10. The monoisotopic (exact) mass is 354 g/mol. The molecular formula is C19H22N4O3. The molecule has 0 radical (unpaired) electrons. The lowest BCUT2D eigenvalue weighted by Crippen LogP contribution is -2.13. The average molecular weight is 354 g/mol. The summed E-state index contributed by atoms with van der Waals surface area (Å²) >= 11 is 0. The van der Waals surface area contributed by atoms with Crippen LogP contribution in [-0.2, 0) is 11.2 Å². The van der Waals surface area contributed by atoms with E-state index in [2.05, 4.69) is 20.3 Å². The Bertz CT molecular complexity index is 843. The summed E-state index contributed by atoms with van der Waals surface area (Å²) in [5, 5.41) is 13.0. The minimum Gasteiger partial charge on any atom is -0.497 e. The van der Waals surface area contributed by atoms with Crippen LogP contribution in [0.4, 0.5) is 5.82 Å². The minimum absolute atomic E-state index is 0.0168. The third-order valence-corrected chi connectivity index (χ3v) is 3.81. The van der Waals surface area contributed by atoms with Gasteiger partial charge in [0.15, 0.2) is 0 Å². The summed E-state index contributed by atoms with van der Waals surface area (Å²) in [6.45, 7) is 1.40. The van der Waals surface area contributed by atoms with E-state index in [1.807, 2.05) is 36.5 Å². The molecule has 3 rings (SSSR count). The van der Waals surface area contributed by atoms with Crippen LogP contribution in [-0.4, -0.2) is 53.5 Å². The second-order valence-corrected chi connectivity index (χ2v) is 5.67. The first-order valence-corrected chi connectivity index (χ1v) is 8.46. The molecule has 0 unspecified atom stereocenters. The number of aliphatic hydroxyl groups is 1. The second kappa shape index (κ2) is 9.07. The van der Waals surface area contributed by atoms with Gasteiger partial charge in [-0.05, 0) is 29.8 Å². The molecule has 0 bridgehead atoms. The first kappa shape index (κ1) is 18.0.